The molecule has 0 saturated carbocycles. The number of benzene rings is 1. The van der Waals surface area contributed by atoms with Gasteiger partial charge in [0.1, 0.15) is 0 Å². The zero-order valence-electron chi connectivity index (χ0n) is 7.77. The summed E-state index contributed by atoms with van der Waals surface area (Å²) >= 11 is -2.17. The smallest absolute Gasteiger partial charge is 0.0994 e. The highest BCUT2D eigenvalue weighted by atomic mass is 32.2. The van der Waals surface area contributed by atoms with Gasteiger partial charge in [0.05, 0.1) is 11.6 Å². The summed E-state index contributed by atoms with van der Waals surface area (Å²) in [5.41, 5.74) is 1.02. The highest BCUT2D eigenvalue weighted by molar-refractivity contribution is 7.79. The van der Waals surface area contributed by atoms with Crippen LogP contribution in [0, 0.1) is 11.3 Å². The number of hydrogen-bond donors (Lipinski definition) is 0. The maximum absolute atomic E-state index is 10.9. The second kappa shape index (κ2) is 4.89. The molecule has 1 rings (SSSR count). The fourth-order valence-electron chi connectivity index (χ4n) is 1.34. The summed E-state index contributed by atoms with van der Waals surface area (Å²) in [6, 6.07) is 8.77. The van der Waals surface area contributed by atoms with Crippen molar-refractivity contribution < 1.29 is 8.76 Å². The van der Waals surface area contributed by atoms with E-state index in [1.165, 1.54) is 0 Å². The number of nitrogens with zero attached hydrogens (tertiary/aromatic N) is 1. The van der Waals surface area contributed by atoms with Crippen molar-refractivity contribution in [2.24, 2.45) is 0 Å². The molecular weight excluding hydrogens is 198 g/mol. The number of nitriles is 1. The van der Waals surface area contributed by atoms with Crippen LogP contribution in [0.25, 0.3) is 0 Å². The zero-order valence-corrected chi connectivity index (χ0v) is 8.58. The summed E-state index contributed by atoms with van der Waals surface area (Å²) in [6.45, 7) is 1.79. The maximum Gasteiger partial charge on any atom is 0.0994 e. The lowest BCUT2D eigenvalue weighted by Gasteiger charge is -2.19. The molecule has 14 heavy (non-hydrogen) atoms. The van der Waals surface area contributed by atoms with Gasteiger partial charge in [-0.2, -0.15) is 5.26 Å². The Kier molecular flexibility index (Phi) is 3.81. The largest absolute Gasteiger partial charge is 0.772 e. The van der Waals surface area contributed by atoms with Crippen LogP contribution in [0.3, 0.4) is 0 Å². The molecular formula is C10H10NO2S-. The molecule has 0 N–H and O–H groups in total. The molecule has 0 amide bonds. The minimum atomic E-state index is -2.17. The van der Waals surface area contributed by atoms with Gasteiger partial charge < -0.3 is 4.55 Å². The third-order valence-electron chi connectivity index (χ3n) is 2.03. The van der Waals surface area contributed by atoms with E-state index in [0.29, 0.717) is 17.5 Å². The minimum Gasteiger partial charge on any atom is -0.772 e. The molecule has 0 bridgehead atoms. The van der Waals surface area contributed by atoms with Crippen LogP contribution in [0.15, 0.2) is 24.3 Å². The molecule has 0 spiro atoms. The first-order chi connectivity index (χ1) is 6.70. The Morgan fingerprint density at radius 1 is 1.57 bits per heavy atom. The molecule has 0 heterocycles. The van der Waals surface area contributed by atoms with Gasteiger partial charge in [0.15, 0.2) is 0 Å². The minimum absolute atomic E-state index is 0.434. The fraction of sp³-hybridized carbons (Fsp3) is 0.300. The van der Waals surface area contributed by atoms with Gasteiger partial charge in [-0.05, 0) is 29.1 Å². The van der Waals surface area contributed by atoms with E-state index in [2.05, 4.69) is 0 Å². The van der Waals surface area contributed by atoms with Crippen molar-refractivity contribution in [3.8, 4) is 6.07 Å². The highest BCUT2D eigenvalue weighted by Crippen LogP contribution is 2.24. The van der Waals surface area contributed by atoms with E-state index in [1.54, 1.807) is 31.2 Å². The Balaban J connectivity index is 3.17. The van der Waals surface area contributed by atoms with Crippen LogP contribution in [0.2, 0.25) is 0 Å². The first kappa shape index (κ1) is 10.9. The van der Waals surface area contributed by atoms with Crippen molar-refractivity contribution in [2.75, 3.05) is 0 Å². The Morgan fingerprint density at radius 3 is 2.71 bits per heavy atom. The number of hydrogen-bond acceptors (Lipinski definition) is 3. The van der Waals surface area contributed by atoms with Crippen LogP contribution in [0.5, 0.6) is 0 Å². The van der Waals surface area contributed by atoms with Gasteiger partial charge >= 0.3 is 0 Å². The molecule has 1 aromatic carbocycles. The maximum atomic E-state index is 10.9. The molecule has 4 heteroatoms. The van der Waals surface area contributed by atoms with E-state index in [1.807, 2.05) is 6.07 Å². The molecule has 1 aromatic rings. The topological polar surface area (TPSA) is 63.9 Å². The first-order valence-corrected chi connectivity index (χ1v) is 5.41. The van der Waals surface area contributed by atoms with E-state index in [4.69, 9.17) is 5.26 Å². The van der Waals surface area contributed by atoms with Crippen molar-refractivity contribution in [2.45, 2.75) is 18.6 Å². The summed E-state index contributed by atoms with van der Waals surface area (Å²) in [5, 5.41) is 8.22. The Hall–Kier alpha value is -1.18. The average Bonchev–Trinajstić information content (AvgIpc) is 2.19. The Bertz CT molecular complexity index is 384. The normalized spacial score (nSPS) is 14.4. The van der Waals surface area contributed by atoms with Gasteiger partial charge in [-0.3, -0.25) is 4.21 Å². The predicted octanol–water partition coefficient (Wildman–Crippen LogP) is 1.89. The second-order valence-corrected chi connectivity index (χ2v) is 3.95. The van der Waals surface area contributed by atoms with E-state index in [0.717, 1.165) is 0 Å². The van der Waals surface area contributed by atoms with Crippen molar-refractivity contribution in [1.29, 1.82) is 5.26 Å². The van der Waals surface area contributed by atoms with Gasteiger partial charge in [0.25, 0.3) is 0 Å². The van der Waals surface area contributed by atoms with Crippen LogP contribution >= 0.6 is 0 Å². The van der Waals surface area contributed by atoms with Gasteiger partial charge in [0.2, 0.25) is 0 Å². The molecule has 0 aliphatic heterocycles. The zero-order chi connectivity index (χ0) is 10.6. The lowest BCUT2D eigenvalue weighted by Crippen LogP contribution is -2.06. The lowest BCUT2D eigenvalue weighted by atomic mass is 10.0. The van der Waals surface area contributed by atoms with Crippen LogP contribution < -0.4 is 0 Å². The van der Waals surface area contributed by atoms with Crippen molar-refractivity contribution in [1.82, 2.24) is 0 Å². The van der Waals surface area contributed by atoms with E-state index in [-0.39, 0.29) is 0 Å². The fourth-order valence-corrected chi connectivity index (χ4v) is 2.02. The molecule has 2 atom stereocenters. The third kappa shape index (κ3) is 2.19. The Labute approximate surface area is 85.7 Å². The third-order valence-corrected chi connectivity index (χ3v) is 3.08. The van der Waals surface area contributed by atoms with Crippen molar-refractivity contribution in [3.05, 3.63) is 35.4 Å². The summed E-state index contributed by atoms with van der Waals surface area (Å²) in [7, 11) is 0. The molecule has 0 aliphatic rings. The highest BCUT2D eigenvalue weighted by Gasteiger charge is 2.13. The van der Waals surface area contributed by atoms with Crippen molar-refractivity contribution in [3.63, 3.8) is 0 Å². The molecule has 2 unspecified atom stereocenters. The quantitative estimate of drug-likeness (QED) is 0.712. The average molecular weight is 208 g/mol. The summed E-state index contributed by atoms with van der Waals surface area (Å²) in [4.78, 5) is 0. The first-order valence-electron chi connectivity index (χ1n) is 4.27. The van der Waals surface area contributed by atoms with Crippen LogP contribution in [0.4, 0.5) is 0 Å². The van der Waals surface area contributed by atoms with E-state index in [9.17, 15) is 8.76 Å². The second-order valence-electron chi connectivity index (χ2n) is 2.86. The van der Waals surface area contributed by atoms with Gasteiger partial charge in [-0.15, -0.1) is 0 Å². The number of rotatable bonds is 3. The molecule has 0 saturated heterocycles. The van der Waals surface area contributed by atoms with E-state index >= 15 is 0 Å². The van der Waals surface area contributed by atoms with Gasteiger partial charge in [0, 0.05) is 5.25 Å². The SMILES string of the molecule is CCC(c1ccccc1C#N)S(=O)[O-]. The summed E-state index contributed by atoms with van der Waals surface area (Å²) in [5.74, 6) is 0. The standard InChI is InChI=1S/C10H11NO2S/c1-2-10(14(12)13)9-6-4-3-5-8(9)7-11/h3-6,10H,2H2,1H3,(H,12,13)/p-1. The lowest BCUT2D eigenvalue weighted by molar-refractivity contribution is 0.521. The van der Waals surface area contributed by atoms with Crippen LogP contribution in [-0.4, -0.2) is 8.76 Å². The van der Waals surface area contributed by atoms with Crippen LogP contribution in [0.1, 0.15) is 29.7 Å². The van der Waals surface area contributed by atoms with Crippen LogP contribution in [-0.2, 0) is 11.1 Å². The molecule has 0 aliphatic carbocycles. The molecule has 3 nitrogen and oxygen atoms in total. The van der Waals surface area contributed by atoms with Crippen molar-refractivity contribution >= 4 is 11.1 Å². The molecule has 74 valence electrons. The van der Waals surface area contributed by atoms with Gasteiger partial charge in [-0.25, -0.2) is 0 Å². The Morgan fingerprint density at radius 2 is 2.21 bits per heavy atom. The summed E-state index contributed by atoms with van der Waals surface area (Å²) in [6.07, 6.45) is 0.481. The predicted molar refractivity (Wildman–Crippen MR) is 53.1 cm³/mol. The molecule has 0 aromatic heterocycles. The molecule has 0 fully saturated rings. The monoisotopic (exact) mass is 208 g/mol. The van der Waals surface area contributed by atoms with Gasteiger partial charge in [-0.1, -0.05) is 25.1 Å². The summed E-state index contributed by atoms with van der Waals surface area (Å²) < 4.78 is 21.8. The van der Waals surface area contributed by atoms with E-state index < -0.39 is 16.3 Å². The molecule has 0 radical (unpaired) electrons.